The number of aromatic nitrogens is 3. The summed E-state index contributed by atoms with van der Waals surface area (Å²) in [7, 11) is 1.60. The van der Waals surface area contributed by atoms with Crippen molar-refractivity contribution in [1.29, 1.82) is 0 Å². The smallest absolute Gasteiger partial charge is 0.290 e. The first-order chi connectivity index (χ1) is 14.9. The fourth-order valence-corrected chi connectivity index (χ4v) is 3.77. The SMILES string of the molecule is Cc1c(N)cccc1-c1cc(Nc2ccc(C(=O)N3CCCCC3)cn2)c(=O)n(C)n1. The lowest BCUT2D eigenvalue weighted by molar-refractivity contribution is 0.0724. The average Bonchev–Trinajstić information content (AvgIpc) is 2.79. The molecule has 31 heavy (non-hydrogen) atoms. The predicted molar refractivity (Wildman–Crippen MR) is 121 cm³/mol. The molecule has 1 amide bonds. The monoisotopic (exact) mass is 418 g/mol. The number of carbonyl (C=O) groups excluding carboxylic acids is 1. The number of nitrogens with zero attached hydrogens (tertiary/aromatic N) is 4. The van der Waals surface area contributed by atoms with Gasteiger partial charge < -0.3 is 16.0 Å². The summed E-state index contributed by atoms with van der Waals surface area (Å²) in [6.07, 6.45) is 4.80. The van der Waals surface area contributed by atoms with Gasteiger partial charge in [-0.3, -0.25) is 9.59 Å². The van der Waals surface area contributed by atoms with Gasteiger partial charge >= 0.3 is 0 Å². The topological polar surface area (TPSA) is 106 Å². The standard InChI is InChI=1S/C23H26N6O2/c1-15-17(7-6-8-18(15)24)19-13-20(23(31)28(2)27-19)26-21-10-9-16(14-25-21)22(30)29-11-4-3-5-12-29/h6-10,13-14H,3-5,11-12,24H2,1-2H3,(H,25,26). The maximum atomic E-state index is 12.6. The molecule has 0 spiro atoms. The van der Waals surface area contributed by atoms with Gasteiger partial charge in [-0.25, -0.2) is 9.67 Å². The zero-order chi connectivity index (χ0) is 22.0. The van der Waals surface area contributed by atoms with Crippen LogP contribution in [-0.2, 0) is 7.05 Å². The second kappa shape index (κ2) is 8.59. The average molecular weight is 419 g/mol. The number of amides is 1. The minimum Gasteiger partial charge on any atom is -0.398 e. The van der Waals surface area contributed by atoms with E-state index in [4.69, 9.17) is 5.73 Å². The van der Waals surface area contributed by atoms with Gasteiger partial charge in [0.2, 0.25) is 0 Å². The molecule has 1 saturated heterocycles. The summed E-state index contributed by atoms with van der Waals surface area (Å²) in [5, 5.41) is 7.44. The Balaban J connectivity index is 1.59. The third-order valence-corrected chi connectivity index (χ3v) is 5.63. The van der Waals surface area contributed by atoms with Crippen LogP contribution in [0.2, 0.25) is 0 Å². The third-order valence-electron chi connectivity index (χ3n) is 5.63. The number of carbonyl (C=O) groups is 1. The van der Waals surface area contributed by atoms with E-state index >= 15 is 0 Å². The van der Waals surface area contributed by atoms with E-state index < -0.39 is 0 Å². The molecule has 3 aromatic rings. The van der Waals surface area contributed by atoms with Crippen molar-refractivity contribution in [2.24, 2.45) is 7.05 Å². The summed E-state index contributed by atoms with van der Waals surface area (Å²) in [5.74, 6) is 0.478. The zero-order valence-corrected chi connectivity index (χ0v) is 17.8. The fraction of sp³-hybridized carbons (Fsp3) is 0.304. The Morgan fingerprint density at radius 2 is 1.90 bits per heavy atom. The van der Waals surface area contributed by atoms with Crippen LogP contribution >= 0.6 is 0 Å². The highest BCUT2D eigenvalue weighted by Gasteiger charge is 2.18. The quantitative estimate of drug-likeness (QED) is 0.631. The van der Waals surface area contributed by atoms with Crippen molar-refractivity contribution in [1.82, 2.24) is 19.7 Å². The fourth-order valence-electron chi connectivity index (χ4n) is 3.77. The summed E-state index contributed by atoms with van der Waals surface area (Å²) in [6.45, 7) is 3.50. The zero-order valence-electron chi connectivity index (χ0n) is 17.8. The highest BCUT2D eigenvalue weighted by molar-refractivity contribution is 5.94. The lowest BCUT2D eigenvalue weighted by Gasteiger charge is -2.26. The predicted octanol–water partition coefficient (Wildman–Crippen LogP) is 3.10. The van der Waals surface area contributed by atoms with Crippen molar-refractivity contribution in [2.45, 2.75) is 26.2 Å². The van der Waals surface area contributed by atoms with Crippen LogP contribution in [0.3, 0.4) is 0 Å². The Morgan fingerprint density at radius 3 is 2.61 bits per heavy atom. The van der Waals surface area contributed by atoms with Crippen molar-refractivity contribution < 1.29 is 4.79 Å². The van der Waals surface area contributed by atoms with Crippen LogP contribution in [0.25, 0.3) is 11.3 Å². The molecule has 0 radical (unpaired) electrons. The van der Waals surface area contributed by atoms with Crippen LogP contribution in [0.15, 0.2) is 47.4 Å². The van der Waals surface area contributed by atoms with Crippen LogP contribution in [0.1, 0.15) is 35.2 Å². The number of anilines is 3. The first-order valence-electron chi connectivity index (χ1n) is 10.4. The highest BCUT2D eigenvalue weighted by atomic mass is 16.2. The molecule has 0 saturated carbocycles. The van der Waals surface area contributed by atoms with Crippen molar-refractivity contribution >= 4 is 23.1 Å². The molecule has 0 unspecified atom stereocenters. The van der Waals surface area contributed by atoms with Gasteiger partial charge in [0.1, 0.15) is 11.5 Å². The number of rotatable bonds is 4. The number of aryl methyl sites for hydroxylation is 1. The number of benzene rings is 1. The van der Waals surface area contributed by atoms with Crippen LogP contribution in [0, 0.1) is 6.92 Å². The number of nitrogens with two attached hydrogens (primary N) is 1. The number of nitrogens with one attached hydrogen (secondary N) is 1. The largest absolute Gasteiger partial charge is 0.398 e. The molecule has 8 nitrogen and oxygen atoms in total. The Morgan fingerprint density at radius 1 is 1.13 bits per heavy atom. The van der Waals surface area contributed by atoms with E-state index in [0.717, 1.165) is 37.1 Å². The van der Waals surface area contributed by atoms with Gasteiger partial charge in [-0.2, -0.15) is 5.10 Å². The number of likely N-dealkylation sites (tertiary alicyclic amines) is 1. The Kier molecular flexibility index (Phi) is 5.70. The second-order valence-corrected chi connectivity index (χ2v) is 7.80. The Hall–Kier alpha value is -3.68. The third kappa shape index (κ3) is 4.28. The van der Waals surface area contributed by atoms with E-state index in [2.05, 4.69) is 15.4 Å². The first-order valence-corrected chi connectivity index (χ1v) is 10.4. The Labute approximate surface area is 180 Å². The van der Waals surface area contributed by atoms with E-state index in [1.165, 1.54) is 11.1 Å². The molecule has 3 heterocycles. The van der Waals surface area contributed by atoms with Crippen molar-refractivity contribution in [3.8, 4) is 11.3 Å². The summed E-state index contributed by atoms with van der Waals surface area (Å²) in [4.78, 5) is 31.5. The van der Waals surface area contributed by atoms with E-state index in [1.54, 1.807) is 31.4 Å². The van der Waals surface area contributed by atoms with Gasteiger partial charge in [-0.05, 0) is 56.0 Å². The minimum atomic E-state index is -0.277. The number of hydrogen-bond donors (Lipinski definition) is 2. The van der Waals surface area contributed by atoms with Crippen LogP contribution in [0.4, 0.5) is 17.2 Å². The molecule has 0 aliphatic carbocycles. The molecule has 0 bridgehead atoms. The minimum absolute atomic E-state index is 0.00185. The van der Waals surface area contributed by atoms with E-state index in [1.807, 2.05) is 30.0 Å². The van der Waals surface area contributed by atoms with Gasteiger partial charge in [-0.1, -0.05) is 12.1 Å². The maximum Gasteiger partial charge on any atom is 0.290 e. The van der Waals surface area contributed by atoms with Gasteiger partial charge in [0.25, 0.3) is 11.5 Å². The van der Waals surface area contributed by atoms with Crippen molar-refractivity contribution in [2.75, 3.05) is 24.1 Å². The van der Waals surface area contributed by atoms with Crippen molar-refractivity contribution in [3.05, 3.63) is 64.1 Å². The Bertz CT molecular complexity index is 1160. The van der Waals surface area contributed by atoms with Crippen LogP contribution < -0.4 is 16.6 Å². The molecular weight excluding hydrogens is 392 g/mol. The lowest BCUT2D eigenvalue weighted by Crippen LogP contribution is -2.35. The summed E-state index contributed by atoms with van der Waals surface area (Å²) >= 11 is 0. The summed E-state index contributed by atoms with van der Waals surface area (Å²) in [6, 6.07) is 10.7. The van der Waals surface area contributed by atoms with Gasteiger partial charge in [0, 0.05) is 37.6 Å². The first kappa shape index (κ1) is 20.6. The maximum absolute atomic E-state index is 12.6. The molecule has 2 aromatic heterocycles. The van der Waals surface area contributed by atoms with Gasteiger partial charge in [0.05, 0.1) is 11.3 Å². The molecule has 1 aliphatic rings. The van der Waals surface area contributed by atoms with Gasteiger partial charge in [-0.15, -0.1) is 0 Å². The molecule has 160 valence electrons. The van der Waals surface area contributed by atoms with Crippen LogP contribution in [0.5, 0.6) is 0 Å². The number of nitrogen functional groups attached to an aromatic ring is 1. The molecular formula is C23H26N6O2. The van der Waals surface area contributed by atoms with E-state index in [9.17, 15) is 9.59 Å². The number of hydrogen-bond acceptors (Lipinski definition) is 6. The number of pyridine rings is 1. The number of piperidine rings is 1. The van der Waals surface area contributed by atoms with Crippen molar-refractivity contribution in [3.63, 3.8) is 0 Å². The normalized spacial score (nSPS) is 13.8. The van der Waals surface area contributed by atoms with E-state index in [-0.39, 0.29) is 11.5 Å². The molecule has 4 rings (SSSR count). The lowest BCUT2D eigenvalue weighted by atomic mass is 10.0. The second-order valence-electron chi connectivity index (χ2n) is 7.80. The molecule has 1 fully saturated rings. The highest BCUT2D eigenvalue weighted by Crippen LogP contribution is 2.26. The van der Waals surface area contributed by atoms with E-state index in [0.29, 0.717) is 28.5 Å². The molecule has 3 N–H and O–H groups in total. The van der Waals surface area contributed by atoms with Gasteiger partial charge in [0.15, 0.2) is 0 Å². The van der Waals surface area contributed by atoms with Crippen LogP contribution in [-0.4, -0.2) is 38.7 Å². The molecule has 8 heteroatoms. The summed E-state index contributed by atoms with van der Waals surface area (Å²) in [5.41, 5.74) is 9.69. The summed E-state index contributed by atoms with van der Waals surface area (Å²) < 4.78 is 1.29. The molecule has 1 aromatic carbocycles. The molecule has 1 aliphatic heterocycles. The molecule has 0 atom stereocenters.